The van der Waals surface area contributed by atoms with Gasteiger partial charge in [0.1, 0.15) is 140 Å². The molecular weight excluding hydrogens is 1600 g/mol. The van der Waals surface area contributed by atoms with Crippen molar-refractivity contribution in [3.63, 3.8) is 0 Å². The van der Waals surface area contributed by atoms with Gasteiger partial charge in [-0.2, -0.15) is 0 Å². The zero-order valence-corrected chi connectivity index (χ0v) is 73.3. The molecule has 8 aliphatic carbocycles. The summed E-state index contributed by atoms with van der Waals surface area (Å²) < 4.78 is 87.6. The van der Waals surface area contributed by atoms with Crippen LogP contribution in [0.1, 0.15) is 192 Å². The molecule has 123 heavy (non-hydrogen) atoms. The van der Waals surface area contributed by atoms with E-state index in [0.29, 0.717) is 103 Å². The molecule has 0 bridgehead atoms. The Morgan fingerprint density at radius 2 is 0.715 bits per heavy atom. The van der Waals surface area contributed by atoms with Crippen LogP contribution >= 0.6 is 0 Å². The molecule has 2 spiro atoms. The van der Waals surface area contributed by atoms with E-state index in [-0.39, 0.29) is 45.3 Å². The fraction of sp³-hybridized carbons (Fsp3) is 0.956. The van der Waals surface area contributed by atoms with Gasteiger partial charge in [0.25, 0.3) is 0 Å². The molecule has 18 rings (SSSR count). The molecule has 19 N–H and O–H groups in total. The molecule has 0 aromatic heterocycles. The second-order valence-corrected chi connectivity index (χ2v) is 42.4. The second-order valence-electron chi connectivity index (χ2n) is 42.4. The van der Waals surface area contributed by atoms with E-state index in [1.165, 1.54) is 64.0 Å². The lowest BCUT2D eigenvalue weighted by Gasteiger charge is -2.59. The summed E-state index contributed by atoms with van der Waals surface area (Å²) in [6.07, 6.45) is -21.9. The van der Waals surface area contributed by atoms with E-state index in [2.05, 4.69) is 78.2 Å². The fourth-order valence-corrected chi connectivity index (χ4v) is 28.4. The van der Waals surface area contributed by atoms with Crippen molar-refractivity contribution >= 4 is 0 Å². The van der Waals surface area contributed by atoms with Crippen LogP contribution in [0.5, 0.6) is 0 Å². The Morgan fingerprint density at radius 3 is 1.13 bits per heavy atom. The molecule has 52 atom stereocenters. The lowest BCUT2D eigenvalue weighted by atomic mass is 9.47. The molecule has 0 amide bonds. The molecule has 6 saturated carbocycles. The molecule has 0 aromatic rings. The summed E-state index contributed by atoms with van der Waals surface area (Å²) in [6, 6.07) is 0. The Morgan fingerprint density at radius 1 is 0.350 bits per heavy atom. The van der Waals surface area contributed by atoms with Crippen molar-refractivity contribution in [2.45, 2.75) is 412 Å². The smallest absolute Gasteiger partial charge is 0.187 e. The third kappa shape index (κ3) is 16.0. The van der Waals surface area contributed by atoms with Crippen molar-refractivity contribution in [1.82, 2.24) is 10.6 Å². The van der Waals surface area contributed by atoms with Crippen LogP contribution in [0, 0.1) is 92.7 Å². The number of rotatable bonds is 15. The number of aliphatic hydroxyl groups is 17. The van der Waals surface area contributed by atoms with E-state index in [1.807, 2.05) is 0 Å². The van der Waals surface area contributed by atoms with Crippen molar-refractivity contribution in [3.8, 4) is 0 Å². The van der Waals surface area contributed by atoms with Crippen LogP contribution in [-0.4, -0.2) is 340 Å². The van der Waals surface area contributed by atoms with Crippen molar-refractivity contribution in [2.75, 3.05) is 32.9 Å². The van der Waals surface area contributed by atoms with E-state index in [1.54, 1.807) is 0 Å². The summed E-state index contributed by atoms with van der Waals surface area (Å²) in [4.78, 5) is 0. The number of aliphatic hydroxyl groups excluding tert-OH is 17. The Labute approximate surface area is 721 Å². The van der Waals surface area contributed by atoms with Crippen molar-refractivity contribution in [1.29, 1.82) is 0 Å². The number of fused-ring (bicyclic) bond motifs is 14. The van der Waals surface area contributed by atoms with Gasteiger partial charge >= 0.3 is 0 Å². The van der Waals surface area contributed by atoms with Gasteiger partial charge in [-0.15, -0.1) is 0 Å². The standard InChI is InChI=1S/C45H73NO16.C45H73NO15/c1-19-8-13-45(46-16-19)20(2)30-27(62-45)15-26-24-7-6-22-14-23(9-11-43(22,4)25(24)10-12-44(26,30)5)57-42-39(61-40-36(54)34(52)31(49)21(3)56-40)38(33(51)29(18-48)59-42)60-41-37(55)35(53)32(50)28(17-47)58-41;1-19-9-14-45(46-17-19)20(2)30-28(61-45)16-27-25-8-7-23-15-24(10-12-43(23,5)26(25)11-13-44(27,30)6)57-42-39(60-41-36(53)34(51)32(49)22(4)56-41)37(54)38(29(18-47)58-42)59-40-35(52)33(50)31(48)21(3)55-40/h6,19-21,23-42,46-55H,7-18H2,1-5H3;7,19-22,24-42,46-54H,8-18H2,1-6H3/t19-,20+,21+,23+,24-,25+,26+,27+,28-,29-,30+,31+,32-,33+,34-,35-,36-,37-,38+,39-,40+,41+,42-,43+,44+,45-;19-,20+,21+,22+,24+,25-,26+,27+,28+,29-,30+,31+,32+,33-,34-,35-,36-,37+,38-,39-,40+,41+,42-,43+,44+,45-/m11/s1. The zero-order valence-electron chi connectivity index (χ0n) is 73.3. The number of piperidine rings is 2. The predicted molar refractivity (Wildman–Crippen MR) is 431 cm³/mol. The summed E-state index contributed by atoms with van der Waals surface area (Å²) >= 11 is 0. The molecule has 0 aromatic carbocycles. The summed E-state index contributed by atoms with van der Waals surface area (Å²) in [7, 11) is 0. The first kappa shape index (κ1) is 93.0. The molecule has 0 radical (unpaired) electrons. The Kier molecular flexibility index (Phi) is 26.9. The fourth-order valence-electron chi connectivity index (χ4n) is 28.4. The van der Waals surface area contributed by atoms with Gasteiger partial charge in [-0.05, 0) is 217 Å². The van der Waals surface area contributed by atoms with Gasteiger partial charge in [0.05, 0.1) is 62.5 Å². The van der Waals surface area contributed by atoms with E-state index in [4.69, 9.17) is 66.3 Å². The summed E-state index contributed by atoms with van der Waals surface area (Å²) in [6.45, 7) is 24.0. The van der Waals surface area contributed by atoms with Crippen LogP contribution in [0.2, 0.25) is 0 Å². The number of hydrogen-bond acceptors (Lipinski definition) is 33. The molecule has 33 heteroatoms. The highest BCUT2D eigenvalue weighted by atomic mass is 16.8. The first-order valence-electron chi connectivity index (χ1n) is 46.8. The average Bonchev–Trinajstić information content (AvgIpc) is 1.55. The predicted octanol–water partition coefficient (Wildman–Crippen LogP) is 0.602. The maximum atomic E-state index is 12.0. The van der Waals surface area contributed by atoms with Crippen LogP contribution in [0.4, 0.5) is 0 Å². The monoisotopic (exact) mass is 1750 g/mol. The SMILES string of the molecule is C[C@@H]1CC[C@@]2(NC1)O[C@H]1C[C@H]3[C@@H]4CC=C5C[C@@H](O[C@@H]6O[C@H](CO)[C@@H](O[C@@H]7O[C@@H](C)[C@H](O)[C@@H](O)[C@H]7O)[C@H](O)[C@H]6O[C@@H]6O[C@@H](C)[C@H](O)[C@@H](O)[C@H]6O)CC[C@]5(C)[C@H]4CC[C@]3(C)[C@H]1[C@@H]2C.C[C@@H]1CC[C@@]2(NC1)O[C@H]1C[C@H]3[C@@H]4CC=C5C[C@@H](O[C@@H]6O[C@H](CO)[C@H](O)[C@H](O[C@@H]7O[C@H](CO)[C@@H](O)[C@@H](O)[C@H]7O)[C@H]6O[C@@H]6O[C@@H](C)[C@H](O)[C@@H](O)[C@H]6O)CC[C@]5(C)[C@H]4CC[C@]3(C)[C@H]1[C@@H]2C. The van der Waals surface area contributed by atoms with Crippen LogP contribution in [-0.2, 0) is 66.3 Å². The van der Waals surface area contributed by atoms with Gasteiger partial charge in [-0.25, -0.2) is 0 Å². The van der Waals surface area contributed by atoms with Crippen molar-refractivity contribution < 1.29 is 153 Å². The van der Waals surface area contributed by atoms with Crippen LogP contribution in [0.3, 0.4) is 0 Å². The van der Waals surface area contributed by atoms with Crippen molar-refractivity contribution in [3.05, 3.63) is 23.3 Å². The highest BCUT2D eigenvalue weighted by Crippen LogP contribution is 2.73. The number of allylic oxidation sites excluding steroid dienone is 2. The van der Waals surface area contributed by atoms with Gasteiger partial charge in [-0.3, -0.25) is 10.6 Å². The lowest BCUT2D eigenvalue weighted by Crippen LogP contribution is -2.67. The summed E-state index contributed by atoms with van der Waals surface area (Å²) in [5, 5.41) is 189. The molecule has 702 valence electrons. The van der Waals surface area contributed by atoms with Gasteiger partial charge in [0.2, 0.25) is 0 Å². The molecule has 16 fully saturated rings. The molecule has 10 heterocycles. The van der Waals surface area contributed by atoms with Crippen LogP contribution in [0.15, 0.2) is 23.3 Å². The quantitative estimate of drug-likeness (QED) is 0.0998. The van der Waals surface area contributed by atoms with E-state index >= 15 is 0 Å². The third-order valence-electron chi connectivity index (χ3n) is 35.8. The highest BCUT2D eigenvalue weighted by Gasteiger charge is 2.72. The third-order valence-corrected chi connectivity index (χ3v) is 35.8. The first-order chi connectivity index (χ1) is 58.3. The molecule has 33 nitrogen and oxygen atoms in total. The minimum absolute atomic E-state index is 0.00472. The number of ether oxygens (including phenoxy) is 14. The largest absolute Gasteiger partial charge is 0.394 e. The minimum Gasteiger partial charge on any atom is -0.394 e. The maximum absolute atomic E-state index is 12.0. The van der Waals surface area contributed by atoms with Crippen LogP contribution < -0.4 is 10.6 Å². The van der Waals surface area contributed by atoms with Crippen molar-refractivity contribution in [2.24, 2.45) is 92.7 Å². The number of nitrogens with one attached hydrogen (secondary N) is 2. The van der Waals surface area contributed by atoms with Gasteiger partial charge in [-0.1, -0.05) is 78.7 Å². The average molecular weight is 1750 g/mol. The van der Waals surface area contributed by atoms with Gasteiger partial charge in [0.15, 0.2) is 37.7 Å². The van der Waals surface area contributed by atoms with Crippen LogP contribution in [0.25, 0.3) is 0 Å². The van der Waals surface area contributed by atoms with Gasteiger partial charge < -0.3 is 153 Å². The molecule has 10 aliphatic heterocycles. The molecule has 10 saturated heterocycles. The Hall–Kier alpha value is -1.84. The topological polar surface area (TPSA) is 497 Å². The summed E-state index contributed by atoms with van der Waals surface area (Å²) in [5.41, 5.74) is 2.73. The number of hydrogen-bond donors (Lipinski definition) is 19. The molecule has 0 unspecified atom stereocenters. The zero-order chi connectivity index (χ0) is 87.7. The highest BCUT2D eigenvalue weighted by molar-refractivity contribution is 5.29. The van der Waals surface area contributed by atoms with Gasteiger partial charge in [0, 0.05) is 24.9 Å². The second kappa shape index (κ2) is 35.5. The normalized spacial score (nSPS) is 58.0. The summed E-state index contributed by atoms with van der Waals surface area (Å²) in [5.74, 6) is 6.74. The van der Waals surface area contributed by atoms with E-state index < -0.39 is 210 Å². The minimum atomic E-state index is -1.84. The molecular formula is C90H146N2O31. The Bertz CT molecular complexity index is 3670. The van der Waals surface area contributed by atoms with E-state index in [9.17, 15) is 86.8 Å². The van der Waals surface area contributed by atoms with E-state index in [0.717, 1.165) is 70.9 Å². The first-order valence-corrected chi connectivity index (χ1v) is 46.8. The lowest BCUT2D eigenvalue weighted by molar-refractivity contribution is -0.394. The maximum Gasteiger partial charge on any atom is 0.187 e. The Balaban J connectivity index is 0.000000175. The molecule has 18 aliphatic rings.